The molecule has 5 nitrogen and oxygen atoms in total. The molecule has 0 saturated carbocycles. The maximum absolute atomic E-state index is 12.9. The average molecular weight is 467 g/mol. The van der Waals surface area contributed by atoms with Crippen LogP contribution in [0.4, 0.5) is 18.9 Å². The number of hydrogen-bond acceptors (Lipinski definition) is 4. The molecule has 1 atom stereocenters. The van der Waals surface area contributed by atoms with E-state index in [1.165, 1.54) is 6.07 Å². The van der Waals surface area contributed by atoms with Crippen molar-refractivity contribution < 1.29 is 26.4 Å². The van der Waals surface area contributed by atoms with Crippen LogP contribution >= 0.6 is 0 Å². The molecule has 0 aliphatic carbocycles. The highest BCUT2D eigenvalue weighted by Crippen LogP contribution is 2.31. The van der Waals surface area contributed by atoms with E-state index in [4.69, 9.17) is 0 Å². The summed E-state index contributed by atoms with van der Waals surface area (Å²) in [5.41, 5.74) is 1.01. The highest BCUT2D eigenvalue weighted by atomic mass is 32.2. The summed E-state index contributed by atoms with van der Waals surface area (Å²) < 4.78 is 64.2. The summed E-state index contributed by atoms with van der Waals surface area (Å²) in [5.74, 6) is -0.154. The van der Waals surface area contributed by atoms with E-state index in [1.807, 2.05) is 24.3 Å². The van der Waals surface area contributed by atoms with Gasteiger partial charge in [0.15, 0.2) is 9.84 Å². The van der Waals surface area contributed by atoms with Gasteiger partial charge >= 0.3 is 6.18 Å². The third kappa shape index (κ3) is 5.15. The Morgan fingerprint density at radius 2 is 1.78 bits per heavy atom. The lowest BCUT2D eigenvalue weighted by molar-refractivity contribution is -0.137. The summed E-state index contributed by atoms with van der Waals surface area (Å²) in [6, 6.07) is 11.8. The minimum absolute atomic E-state index is 0.129. The number of alkyl halides is 3. The van der Waals surface area contributed by atoms with Gasteiger partial charge in [0.2, 0.25) is 5.91 Å². The molecule has 4 rings (SSSR count). The van der Waals surface area contributed by atoms with E-state index in [1.54, 1.807) is 4.90 Å². The Balaban J connectivity index is 1.35. The molecule has 2 aliphatic rings. The van der Waals surface area contributed by atoms with Crippen LogP contribution in [0.2, 0.25) is 0 Å². The highest BCUT2D eigenvalue weighted by Gasteiger charge is 2.33. The second-order valence-corrected chi connectivity index (χ2v) is 10.5. The topological polar surface area (TPSA) is 57.7 Å². The van der Waals surface area contributed by atoms with Crippen LogP contribution in [-0.4, -0.2) is 44.6 Å². The fourth-order valence-electron chi connectivity index (χ4n) is 4.43. The van der Waals surface area contributed by atoms with Crippen molar-refractivity contribution >= 4 is 21.4 Å². The number of anilines is 1. The molecule has 0 unspecified atom stereocenters. The first-order valence-electron chi connectivity index (χ1n) is 10.6. The number of amides is 1. The van der Waals surface area contributed by atoms with Gasteiger partial charge in [-0.25, -0.2) is 8.42 Å². The monoisotopic (exact) mass is 466 g/mol. The number of hydrogen-bond donors (Lipinski definition) is 0. The fraction of sp³-hybridized carbons (Fsp3) is 0.435. The van der Waals surface area contributed by atoms with Crippen LogP contribution in [0.1, 0.15) is 30.4 Å². The Labute approximate surface area is 185 Å². The molecule has 32 heavy (non-hydrogen) atoms. The van der Waals surface area contributed by atoms with E-state index in [9.17, 15) is 26.4 Å². The number of benzene rings is 2. The molecule has 2 aromatic carbocycles. The predicted molar refractivity (Wildman–Crippen MR) is 115 cm³/mol. The predicted octanol–water partition coefficient (Wildman–Crippen LogP) is 4.13. The van der Waals surface area contributed by atoms with Gasteiger partial charge in [-0.15, -0.1) is 0 Å². The molecular weight excluding hydrogens is 441 g/mol. The van der Waals surface area contributed by atoms with E-state index in [-0.39, 0.29) is 22.5 Å². The molecule has 9 heteroatoms. The van der Waals surface area contributed by atoms with Gasteiger partial charge < -0.3 is 4.90 Å². The van der Waals surface area contributed by atoms with Gasteiger partial charge in [0.25, 0.3) is 0 Å². The van der Waals surface area contributed by atoms with Crippen molar-refractivity contribution in [1.29, 1.82) is 0 Å². The lowest BCUT2D eigenvalue weighted by atomic mass is 10.1. The zero-order valence-corrected chi connectivity index (χ0v) is 18.3. The minimum Gasteiger partial charge on any atom is -0.312 e. The molecule has 2 fully saturated rings. The molecule has 0 radical (unpaired) electrons. The molecule has 2 heterocycles. The van der Waals surface area contributed by atoms with Crippen LogP contribution in [0.3, 0.4) is 0 Å². The number of sulfone groups is 1. The first-order valence-corrected chi connectivity index (χ1v) is 12.3. The largest absolute Gasteiger partial charge is 0.416 e. The van der Waals surface area contributed by atoms with Crippen molar-refractivity contribution in [2.24, 2.45) is 5.92 Å². The van der Waals surface area contributed by atoms with Crippen LogP contribution in [0.25, 0.3) is 0 Å². The van der Waals surface area contributed by atoms with E-state index in [0.717, 1.165) is 42.9 Å². The van der Waals surface area contributed by atoms with Gasteiger partial charge in [-0.3, -0.25) is 9.69 Å². The van der Waals surface area contributed by atoms with Crippen molar-refractivity contribution in [3.8, 4) is 0 Å². The number of carbonyl (C=O) groups is 1. The Kier molecular flexibility index (Phi) is 6.31. The third-order valence-electron chi connectivity index (χ3n) is 6.07. The maximum atomic E-state index is 12.9. The summed E-state index contributed by atoms with van der Waals surface area (Å²) in [6.45, 7) is 2.71. The summed E-state index contributed by atoms with van der Waals surface area (Å²) in [7, 11) is -3.81. The first-order chi connectivity index (χ1) is 15.1. The minimum atomic E-state index is -4.58. The lowest BCUT2D eigenvalue weighted by Crippen LogP contribution is -2.24. The third-order valence-corrected chi connectivity index (χ3v) is 7.96. The van der Waals surface area contributed by atoms with Crippen molar-refractivity contribution in [2.45, 2.75) is 36.9 Å². The molecule has 0 N–H and O–H groups in total. The standard InChI is InChI=1S/C23H25F3N2O3S/c24-23(25,26)19-3-1-4-21(13-19)32(30,31)16-18-10-12-27(15-18)14-17-6-8-20(9-7-17)28-11-2-5-22(28)29/h1,3-4,6-9,13,18H,2,5,10-12,14-16H2/t18-/m1/s1. The summed E-state index contributed by atoms with van der Waals surface area (Å²) in [4.78, 5) is 15.5. The van der Waals surface area contributed by atoms with Crippen molar-refractivity contribution in [1.82, 2.24) is 4.90 Å². The number of nitrogens with zero attached hydrogens (tertiary/aromatic N) is 2. The Morgan fingerprint density at radius 3 is 2.44 bits per heavy atom. The van der Waals surface area contributed by atoms with E-state index in [0.29, 0.717) is 32.0 Å². The summed E-state index contributed by atoms with van der Waals surface area (Å²) in [5, 5.41) is 0. The molecule has 1 amide bonds. The van der Waals surface area contributed by atoms with Gasteiger partial charge in [-0.1, -0.05) is 18.2 Å². The van der Waals surface area contributed by atoms with Crippen LogP contribution in [-0.2, 0) is 27.4 Å². The quantitative estimate of drug-likeness (QED) is 0.643. The van der Waals surface area contributed by atoms with Crippen molar-refractivity contribution in [3.05, 3.63) is 59.7 Å². The molecule has 0 bridgehead atoms. The second kappa shape index (κ2) is 8.86. The molecule has 172 valence electrons. The second-order valence-electron chi connectivity index (χ2n) is 8.51. The summed E-state index contributed by atoms with van der Waals surface area (Å²) >= 11 is 0. The van der Waals surface area contributed by atoms with Crippen molar-refractivity contribution in [2.75, 3.05) is 30.3 Å². The van der Waals surface area contributed by atoms with Gasteiger partial charge in [0.1, 0.15) is 0 Å². The molecular formula is C23H25F3N2O3S. The van der Waals surface area contributed by atoms with Crippen LogP contribution in [0, 0.1) is 5.92 Å². The smallest absolute Gasteiger partial charge is 0.312 e. The molecule has 2 aromatic rings. The van der Waals surface area contributed by atoms with E-state index >= 15 is 0 Å². The Morgan fingerprint density at radius 1 is 1.03 bits per heavy atom. The maximum Gasteiger partial charge on any atom is 0.416 e. The van der Waals surface area contributed by atoms with Gasteiger partial charge in [-0.2, -0.15) is 13.2 Å². The average Bonchev–Trinajstić information content (AvgIpc) is 3.36. The number of likely N-dealkylation sites (tertiary alicyclic amines) is 1. The fourth-order valence-corrected chi connectivity index (χ4v) is 6.10. The van der Waals surface area contributed by atoms with E-state index < -0.39 is 21.6 Å². The number of carbonyl (C=O) groups excluding carboxylic acids is 1. The van der Waals surface area contributed by atoms with E-state index in [2.05, 4.69) is 4.90 Å². The van der Waals surface area contributed by atoms with Crippen LogP contribution in [0.5, 0.6) is 0 Å². The zero-order valence-electron chi connectivity index (χ0n) is 17.5. The molecule has 2 saturated heterocycles. The molecule has 0 aromatic heterocycles. The number of halogens is 3. The molecule has 0 spiro atoms. The van der Waals surface area contributed by atoms with Gasteiger partial charge in [0.05, 0.1) is 16.2 Å². The normalized spacial score (nSPS) is 20.3. The lowest BCUT2D eigenvalue weighted by Gasteiger charge is -2.19. The van der Waals surface area contributed by atoms with Crippen LogP contribution in [0.15, 0.2) is 53.4 Å². The Bertz CT molecular complexity index is 1080. The number of rotatable bonds is 6. The summed E-state index contributed by atoms with van der Waals surface area (Å²) in [6.07, 6.45) is -2.44. The molecule has 2 aliphatic heterocycles. The first kappa shape index (κ1) is 22.8. The zero-order chi connectivity index (χ0) is 22.9. The van der Waals surface area contributed by atoms with Crippen molar-refractivity contribution in [3.63, 3.8) is 0 Å². The Hall–Kier alpha value is -2.39. The SMILES string of the molecule is O=C1CCCN1c1ccc(CN2CC[C@@H](CS(=O)(=O)c3cccc(C(F)(F)F)c3)C2)cc1. The highest BCUT2D eigenvalue weighted by molar-refractivity contribution is 7.91. The van der Waals surface area contributed by atoms with Crippen LogP contribution < -0.4 is 4.90 Å². The van der Waals surface area contributed by atoms with Gasteiger partial charge in [0, 0.05) is 31.7 Å². The van der Waals surface area contributed by atoms with Gasteiger partial charge in [-0.05, 0) is 61.2 Å².